The van der Waals surface area contributed by atoms with E-state index in [1.807, 2.05) is 32.0 Å². The maximum Gasteiger partial charge on any atom is 0.242 e. The van der Waals surface area contributed by atoms with E-state index in [-0.39, 0.29) is 11.8 Å². The average Bonchev–Trinajstić information content (AvgIpc) is 2.68. The number of hydrogen-bond acceptors (Lipinski definition) is 3. The van der Waals surface area contributed by atoms with E-state index in [1.165, 1.54) is 11.1 Å². The summed E-state index contributed by atoms with van der Waals surface area (Å²) in [6, 6.07) is 12.9. The summed E-state index contributed by atoms with van der Waals surface area (Å²) >= 11 is 13.6. The van der Waals surface area contributed by atoms with Crippen molar-refractivity contribution in [3.8, 4) is 0 Å². The number of rotatable bonds is 9. The van der Waals surface area contributed by atoms with Gasteiger partial charge in [-0.15, -0.1) is 11.8 Å². The predicted octanol–water partition coefficient (Wildman–Crippen LogP) is 5.09. The maximum atomic E-state index is 13.0. The minimum atomic E-state index is -0.587. The number of nitrogens with one attached hydrogen (secondary N) is 1. The molecule has 1 unspecified atom stereocenters. The number of thioether (sulfide) groups is 1. The fourth-order valence-electron chi connectivity index (χ4n) is 2.88. The fourth-order valence-corrected chi connectivity index (χ4v) is 4.06. The maximum absolute atomic E-state index is 13.0. The monoisotopic (exact) mass is 452 g/mol. The molecule has 0 saturated carbocycles. The Balaban J connectivity index is 2.08. The molecule has 4 nitrogen and oxygen atoms in total. The molecule has 0 bridgehead atoms. The molecule has 0 radical (unpaired) electrons. The van der Waals surface area contributed by atoms with Crippen LogP contribution in [0.25, 0.3) is 0 Å². The minimum absolute atomic E-state index is 0.0903. The van der Waals surface area contributed by atoms with Crippen molar-refractivity contribution in [3.05, 3.63) is 69.2 Å². The molecule has 7 heteroatoms. The highest BCUT2D eigenvalue weighted by Crippen LogP contribution is 2.24. The van der Waals surface area contributed by atoms with E-state index in [4.69, 9.17) is 23.2 Å². The zero-order valence-electron chi connectivity index (χ0n) is 16.9. The summed E-state index contributed by atoms with van der Waals surface area (Å²) < 4.78 is 0. The summed E-state index contributed by atoms with van der Waals surface area (Å²) in [5.74, 6) is 0.764. The van der Waals surface area contributed by atoms with E-state index in [0.29, 0.717) is 28.9 Å². The molecule has 0 aromatic heterocycles. The Labute approximate surface area is 187 Å². The van der Waals surface area contributed by atoms with Gasteiger partial charge in [0.05, 0.1) is 15.8 Å². The SMILES string of the molecule is CCNC(=O)C(C)N(Cc1ccc(Cl)c(Cl)c1)C(=O)CSCc1cccc(C)c1. The molecule has 0 aliphatic carbocycles. The van der Waals surface area contributed by atoms with Crippen molar-refractivity contribution < 1.29 is 9.59 Å². The Morgan fingerprint density at radius 3 is 2.52 bits per heavy atom. The third-order valence-corrected chi connectivity index (χ3v) is 6.16. The van der Waals surface area contributed by atoms with Crippen molar-refractivity contribution in [1.82, 2.24) is 10.2 Å². The van der Waals surface area contributed by atoms with Crippen LogP contribution in [0, 0.1) is 6.92 Å². The number of carbonyl (C=O) groups excluding carboxylic acids is 2. The van der Waals surface area contributed by atoms with E-state index in [9.17, 15) is 9.59 Å². The van der Waals surface area contributed by atoms with Gasteiger partial charge in [0, 0.05) is 18.8 Å². The first-order valence-electron chi connectivity index (χ1n) is 9.46. The molecular formula is C22H26Cl2N2O2S. The Kier molecular flexibility index (Phi) is 9.34. The first kappa shape index (κ1) is 23.6. The van der Waals surface area contributed by atoms with E-state index in [1.54, 1.807) is 35.7 Å². The Morgan fingerprint density at radius 1 is 1.10 bits per heavy atom. The molecule has 1 atom stereocenters. The van der Waals surface area contributed by atoms with E-state index < -0.39 is 6.04 Å². The Bertz CT molecular complexity index is 860. The summed E-state index contributed by atoms with van der Waals surface area (Å²) in [4.78, 5) is 26.9. The molecule has 1 N–H and O–H groups in total. The van der Waals surface area contributed by atoms with Crippen LogP contribution in [0.4, 0.5) is 0 Å². The average molecular weight is 453 g/mol. The Morgan fingerprint density at radius 2 is 1.86 bits per heavy atom. The third-order valence-electron chi connectivity index (χ3n) is 4.43. The van der Waals surface area contributed by atoms with Crippen molar-refractivity contribution in [3.63, 3.8) is 0 Å². The first-order valence-corrected chi connectivity index (χ1v) is 11.4. The van der Waals surface area contributed by atoms with Gasteiger partial charge in [-0.25, -0.2) is 0 Å². The molecule has 2 aromatic rings. The summed E-state index contributed by atoms with van der Waals surface area (Å²) in [5.41, 5.74) is 3.20. The molecule has 2 amide bonds. The van der Waals surface area contributed by atoms with Gasteiger partial charge >= 0.3 is 0 Å². The molecule has 29 heavy (non-hydrogen) atoms. The molecule has 0 saturated heterocycles. The number of carbonyl (C=O) groups is 2. The van der Waals surface area contributed by atoms with Crippen molar-refractivity contribution in [2.45, 2.75) is 39.1 Å². The van der Waals surface area contributed by atoms with Crippen molar-refractivity contribution in [1.29, 1.82) is 0 Å². The van der Waals surface area contributed by atoms with Crippen LogP contribution in [-0.2, 0) is 21.9 Å². The van der Waals surface area contributed by atoms with Crippen LogP contribution in [0.3, 0.4) is 0 Å². The second-order valence-electron chi connectivity index (χ2n) is 6.82. The highest BCUT2D eigenvalue weighted by molar-refractivity contribution is 7.99. The molecule has 0 heterocycles. The van der Waals surface area contributed by atoms with Crippen LogP contribution in [0.1, 0.15) is 30.5 Å². The van der Waals surface area contributed by atoms with Crippen LogP contribution in [0.5, 0.6) is 0 Å². The second-order valence-corrected chi connectivity index (χ2v) is 8.62. The number of amides is 2. The van der Waals surface area contributed by atoms with E-state index in [2.05, 4.69) is 17.4 Å². The van der Waals surface area contributed by atoms with E-state index in [0.717, 1.165) is 11.3 Å². The van der Waals surface area contributed by atoms with Crippen LogP contribution in [-0.4, -0.2) is 35.1 Å². The number of nitrogens with zero attached hydrogens (tertiary/aromatic N) is 1. The zero-order valence-corrected chi connectivity index (χ0v) is 19.2. The number of halogens is 2. The van der Waals surface area contributed by atoms with Gasteiger partial charge in [-0.1, -0.05) is 59.1 Å². The largest absolute Gasteiger partial charge is 0.355 e. The number of aryl methyl sites for hydroxylation is 1. The van der Waals surface area contributed by atoms with Gasteiger partial charge in [-0.2, -0.15) is 0 Å². The van der Waals surface area contributed by atoms with Gasteiger partial charge in [0.25, 0.3) is 0 Å². The number of hydrogen-bond donors (Lipinski definition) is 1. The van der Waals surface area contributed by atoms with E-state index >= 15 is 0 Å². The summed E-state index contributed by atoms with van der Waals surface area (Å²) in [6.07, 6.45) is 0. The van der Waals surface area contributed by atoms with Gasteiger partial charge in [0.2, 0.25) is 11.8 Å². The lowest BCUT2D eigenvalue weighted by molar-refractivity contribution is -0.138. The molecule has 0 aliphatic heterocycles. The first-order chi connectivity index (χ1) is 13.8. The summed E-state index contributed by atoms with van der Waals surface area (Å²) in [6.45, 7) is 6.45. The van der Waals surface area contributed by atoms with Crippen LogP contribution in [0.2, 0.25) is 10.0 Å². The summed E-state index contributed by atoms with van der Waals surface area (Å²) in [7, 11) is 0. The van der Waals surface area contributed by atoms with Crippen LogP contribution in [0.15, 0.2) is 42.5 Å². The van der Waals surface area contributed by atoms with Crippen LogP contribution < -0.4 is 5.32 Å². The van der Waals surface area contributed by atoms with Gasteiger partial charge in [-0.05, 0) is 44.0 Å². The van der Waals surface area contributed by atoms with Gasteiger partial charge in [0.15, 0.2) is 0 Å². The van der Waals surface area contributed by atoms with Crippen LogP contribution >= 0.6 is 35.0 Å². The Hall–Kier alpha value is -1.69. The molecule has 156 valence electrons. The molecule has 0 fully saturated rings. The summed E-state index contributed by atoms with van der Waals surface area (Å²) in [5, 5.41) is 3.67. The lowest BCUT2D eigenvalue weighted by Crippen LogP contribution is -2.48. The highest BCUT2D eigenvalue weighted by atomic mass is 35.5. The van der Waals surface area contributed by atoms with Gasteiger partial charge in [-0.3, -0.25) is 9.59 Å². The highest BCUT2D eigenvalue weighted by Gasteiger charge is 2.25. The molecule has 0 aliphatic rings. The zero-order chi connectivity index (χ0) is 21.4. The van der Waals surface area contributed by atoms with Gasteiger partial charge in [0.1, 0.15) is 6.04 Å². The normalized spacial score (nSPS) is 11.8. The lowest BCUT2D eigenvalue weighted by atomic mass is 10.1. The predicted molar refractivity (Wildman–Crippen MR) is 122 cm³/mol. The molecule has 0 spiro atoms. The molecule has 2 rings (SSSR count). The number of likely N-dealkylation sites (N-methyl/N-ethyl adjacent to an activating group) is 1. The van der Waals surface area contributed by atoms with Gasteiger partial charge < -0.3 is 10.2 Å². The molecular weight excluding hydrogens is 427 g/mol. The topological polar surface area (TPSA) is 49.4 Å². The minimum Gasteiger partial charge on any atom is -0.355 e. The third kappa shape index (κ3) is 7.25. The number of benzene rings is 2. The smallest absolute Gasteiger partial charge is 0.242 e. The van der Waals surface area contributed by atoms with Crippen molar-refractivity contribution in [2.75, 3.05) is 12.3 Å². The lowest BCUT2D eigenvalue weighted by Gasteiger charge is -2.28. The molecule has 2 aromatic carbocycles. The van der Waals surface area contributed by atoms with Crippen molar-refractivity contribution in [2.24, 2.45) is 0 Å². The second kappa shape index (κ2) is 11.5. The van der Waals surface area contributed by atoms with Crippen molar-refractivity contribution >= 4 is 46.8 Å². The quantitative estimate of drug-likeness (QED) is 0.576. The fraction of sp³-hybridized carbons (Fsp3) is 0.364. The standard InChI is InChI=1S/C22H26Cl2N2O2S/c1-4-25-22(28)16(3)26(12-17-8-9-19(23)20(24)11-17)21(27)14-29-13-18-7-5-6-15(2)10-18/h5-11,16H,4,12-14H2,1-3H3,(H,25,28).